The number of rotatable bonds is 4. The number of furan rings is 1. The van der Waals surface area contributed by atoms with E-state index >= 15 is 0 Å². The van der Waals surface area contributed by atoms with Crippen LogP contribution in [0.2, 0.25) is 0 Å². The van der Waals surface area contributed by atoms with E-state index in [1.165, 1.54) is 0 Å². The van der Waals surface area contributed by atoms with Gasteiger partial charge in [0.25, 0.3) is 5.91 Å². The molecule has 0 saturated carbocycles. The van der Waals surface area contributed by atoms with E-state index in [1.807, 2.05) is 26.0 Å². The summed E-state index contributed by atoms with van der Waals surface area (Å²) in [5.41, 5.74) is 2.82. The summed E-state index contributed by atoms with van der Waals surface area (Å²) in [4.78, 5) is 22.9. The molecule has 1 unspecified atom stereocenters. The Morgan fingerprint density at radius 3 is 2.50 bits per heavy atom. The SMILES string of the molecule is CCC(NC(=O)c1cc2cc(C)c(C)cc2o1)C(=O)O. The number of carbonyl (C=O) groups is 2. The first-order chi connectivity index (χ1) is 9.42. The van der Waals surface area contributed by atoms with E-state index in [0.717, 1.165) is 16.5 Å². The van der Waals surface area contributed by atoms with Gasteiger partial charge in [0.2, 0.25) is 0 Å². The molecule has 1 amide bonds. The van der Waals surface area contributed by atoms with Crippen LogP contribution in [0.3, 0.4) is 0 Å². The van der Waals surface area contributed by atoms with E-state index in [4.69, 9.17) is 9.52 Å². The Hall–Kier alpha value is -2.30. The highest BCUT2D eigenvalue weighted by Crippen LogP contribution is 2.23. The molecule has 1 atom stereocenters. The Labute approximate surface area is 116 Å². The molecular formula is C15H17NO4. The van der Waals surface area contributed by atoms with Gasteiger partial charge in [-0.15, -0.1) is 0 Å². The van der Waals surface area contributed by atoms with Gasteiger partial charge in [0.1, 0.15) is 11.6 Å². The largest absolute Gasteiger partial charge is 0.480 e. The zero-order valence-electron chi connectivity index (χ0n) is 11.7. The monoisotopic (exact) mass is 275 g/mol. The van der Waals surface area contributed by atoms with Crippen LogP contribution < -0.4 is 5.32 Å². The van der Waals surface area contributed by atoms with Crippen LogP contribution in [0.1, 0.15) is 35.0 Å². The topological polar surface area (TPSA) is 79.5 Å². The first-order valence-electron chi connectivity index (χ1n) is 6.46. The lowest BCUT2D eigenvalue weighted by atomic mass is 10.1. The van der Waals surface area contributed by atoms with Gasteiger partial charge in [0.15, 0.2) is 5.76 Å². The molecule has 0 aliphatic heterocycles. The van der Waals surface area contributed by atoms with E-state index in [0.29, 0.717) is 12.0 Å². The third-order valence-corrected chi connectivity index (χ3v) is 3.37. The second kappa shape index (κ2) is 5.36. The Balaban J connectivity index is 2.29. The van der Waals surface area contributed by atoms with Gasteiger partial charge in [-0.2, -0.15) is 0 Å². The molecule has 1 heterocycles. The molecule has 20 heavy (non-hydrogen) atoms. The minimum absolute atomic E-state index is 0.129. The van der Waals surface area contributed by atoms with Crippen molar-refractivity contribution >= 4 is 22.8 Å². The van der Waals surface area contributed by atoms with Crippen molar-refractivity contribution in [2.75, 3.05) is 0 Å². The highest BCUT2D eigenvalue weighted by molar-refractivity contribution is 5.98. The quantitative estimate of drug-likeness (QED) is 0.899. The van der Waals surface area contributed by atoms with Crippen LogP contribution in [0.5, 0.6) is 0 Å². The molecule has 0 bridgehead atoms. The van der Waals surface area contributed by atoms with Crippen molar-refractivity contribution in [3.8, 4) is 0 Å². The number of carboxylic acids is 1. The highest BCUT2D eigenvalue weighted by Gasteiger charge is 2.21. The van der Waals surface area contributed by atoms with E-state index in [2.05, 4.69) is 5.32 Å². The molecule has 0 aliphatic carbocycles. The number of carboxylic acid groups (broad SMARTS) is 1. The van der Waals surface area contributed by atoms with E-state index in [1.54, 1.807) is 13.0 Å². The highest BCUT2D eigenvalue weighted by atomic mass is 16.4. The third kappa shape index (κ3) is 2.66. The number of fused-ring (bicyclic) bond motifs is 1. The minimum Gasteiger partial charge on any atom is -0.480 e. The lowest BCUT2D eigenvalue weighted by Gasteiger charge is -2.10. The zero-order valence-corrected chi connectivity index (χ0v) is 11.7. The number of carbonyl (C=O) groups excluding carboxylic acids is 1. The predicted octanol–water partition coefficient (Wildman–Crippen LogP) is 2.64. The van der Waals surface area contributed by atoms with Crippen LogP contribution in [-0.2, 0) is 4.79 Å². The normalized spacial score (nSPS) is 12.3. The van der Waals surface area contributed by atoms with E-state index < -0.39 is 17.9 Å². The first kappa shape index (κ1) is 14.1. The maximum absolute atomic E-state index is 12.0. The fourth-order valence-corrected chi connectivity index (χ4v) is 1.98. The summed E-state index contributed by atoms with van der Waals surface area (Å²) in [6.45, 7) is 5.65. The number of nitrogens with one attached hydrogen (secondary N) is 1. The van der Waals surface area contributed by atoms with Crippen LogP contribution in [0, 0.1) is 13.8 Å². The molecule has 1 aromatic heterocycles. The van der Waals surface area contributed by atoms with Gasteiger partial charge in [-0.05, 0) is 49.6 Å². The number of aryl methyl sites for hydroxylation is 2. The van der Waals surface area contributed by atoms with Gasteiger partial charge in [0, 0.05) is 5.39 Å². The van der Waals surface area contributed by atoms with Crippen LogP contribution in [-0.4, -0.2) is 23.0 Å². The van der Waals surface area contributed by atoms with Crippen molar-refractivity contribution < 1.29 is 19.1 Å². The van der Waals surface area contributed by atoms with Crippen molar-refractivity contribution in [3.05, 3.63) is 35.1 Å². The molecule has 5 heteroatoms. The fourth-order valence-electron chi connectivity index (χ4n) is 1.98. The summed E-state index contributed by atoms with van der Waals surface area (Å²) in [6.07, 6.45) is 0.319. The van der Waals surface area contributed by atoms with Gasteiger partial charge >= 0.3 is 5.97 Å². The maximum atomic E-state index is 12.0. The van der Waals surface area contributed by atoms with E-state index in [-0.39, 0.29) is 5.76 Å². The Morgan fingerprint density at radius 2 is 1.90 bits per heavy atom. The maximum Gasteiger partial charge on any atom is 0.326 e. The fraction of sp³-hybridized carbons (Fsp3) is 0.333. The summed E-state index contributed by atoms with van der Waals surface area (Å²) in [5, 5.41) is 12.2. The number of amides is 1. The van der Waals surface area contributed by atoms with Crippen molar-refractivity contribution in [1.82, 2.24) is 5.32 Å². The molecule has 5 nitrogen and oxygen atoms in total. The standard InChI is InChI=1S/C15H17NO4/c1-4-11(15(18)19)16-14(17)13-7-10-5-8(2)9(3)6-12(10)20-13/h5-7,11H,4H2,1-3H3,(H,16,17)(H,18,19). The minimum atomic E-state index is -1.05. The lowest BCUT2D eigenvalue weighted by Crippen LogP contribution is -2.40. The Bertz CT molecular complexity index is 633. The second-order valence-electron chi connectivity index (χ2n) is 4.86. The molecule has 0 radical (unpaired) electrons. The van der Waals surface area contributed by atoms with Crippen LogP contribution in [0.25, 0.3) is 11.0 Å². The molecule has 0 spiro atoms. The molecule has 1 aromatic carbocycles. The Kier molecular flexibility index (Phi) is 3.79. The lowest BCUT2D eigenvalue weighted by molar-refractivity contribution is -0.139. The van der Waals surface area contributed by atoms with Gasteiger partial charge < -0.3 is 14.8 Å². The molecular weight excluding hydrogens is 258 g/mol. The van der Waals surface area contributed by atoms with Crippen molar-refractivity contribution in [1.29, 1.82) is 0 Å². The molecule has 0 aliphatic rings. The average molecular weight is 275 g/mol. The van der Waals surface area contributed by atoms with Crippen LogP contribution in [0.4, 0.5) is 0 Å². The van der Waals surface area contributed by atoms with Crippen molar-refractivity contribution in [2.45, 2.75) is 33.2 Å². The Morgan fingerprint density at radius 1 is 1.25 bits per heavy atom. The average Bonchev–Trinajstić information content (AvgIpc) is 2.78. The van der Waals surface area contributed by atoms with E-state index in [9.17, 15) is 9.59 Å². The van der Waals surface area contributed by atoms with Gasteiger partial charge in [-0.25, -0.2) is 4.79 Å². The summed E-state index contributed by atoms with van der Waals surface area (Å²) < 4.78 is 5.49. The molecule has 2 rings (SSSR count). The van der Waals surface area contributed by atoms with Crippen LogP contribution >= 0.6 is 0 Å². The second-order valence-corrected chi connectivity index (χ2v) is 4.86. The summed E-state index contributed by atoms with van der Waals surface area (Å²) >= 11 is 0. The molecule has 2 aromatic rings. The van der Waals surface area contributed by atoms with Crippen LogP contribution in [0.15, 0.2) is 22.6 Å². The number of aliphatic carboxylic acids is 1. The summed E-state index contributed by atoms with van der Waals surface area (Å²) in [5.74, 6) is -1.43. The van der Waals surface area contributed by atoms with Crippen molar-refractivity contribution in [3.63, 3.8) is 0 Å². The summed E-state index contributed by atoms with van der Waals surface area (Å²) in [7, 11) is 0. The predicted molar refractivity (Wildman–Crippen MR) is 74.9 cm³/mol. The molecule has 0 fully saturated rings. The number of hydrogen-bond acceptors (Lipinski definition) is 3. The molecule has 0 saturated heterocycles. The van der Waals surface area contributed by atoms with Crippen molar-refractivity contribution in [2.24, 2.45) is 0 Å². The molecule has 106 valence electrons. The third-order valence-electron chi connectivity index (χ3n) is 3.37. The number of hydrogen-bond donors (Lipinski definition) is 2. The van der Waals surface area contributed by atoms with Gasteiger partial charge in [-0.1, -0.05) is 6.92 Å². The smallest absolute Gasteiger partial charge is 0.326 e. The first-order valence-corrected chi connectivity index (χ1v) is 6.46. The number of benzene rings is 1. The molecule has 2 N–H and O–H groups in total. The van der Waals surface area contributed by atoms with Gasteiger partial charge in [0.05, 0.1) is 0 Å². The summed E-state index contributed by atoms with van der Waals surface area (Å²) in [6, 6.07) is 4.54. The zero-order chi connectivity index (χ0) is 14.9. The van der Waals surface area contributed by atoms with Gasteiger partial charge in [-0.3, -0.25) is 4.79 Å².